The van der Waals surface area contributed by atoms with E-state index < -0.39 is 5.97 Å². The van der Waals surface area contributed by atoms with Crippen molar-refractivity contribution in [2.24, 2.45) is 5.92 Å². The highest BCUT2D eigenvalue weighted by Gasteiger charge is 2.09. The van der Waals surface area contributed by atoms with Gasteiger partial charge < -0.3 is 10.4 Å². The van der Waals surface area contributed by atoms with Gasteiger partial charge in [-0.1, -0.05) is 13.3 Å². The van der Waals surface area contributed by atoms with Crippen molar-refractivity contribution in [2.75, 3.05) is 11.9 Å². The quantitative estimate of drug-likeness (QED) is 0.751. The molecule has 102 valence electrons. The van der Waals surface area contributed by atoms with Crippen LogP contribution in [0.2, 0.25) is 0 Å². The van der Waals surface area contributed by atoms with E-state index in [1.165, 1.54) is 0 Å². The highest BCUT2D eigenvalue weighted by atomic mass is 16.4. The molecule has 0 aromatic carbocycles. The standard InChI is InChI=1S/C14H19N3O2/c1-2-11(5-6-14(18)19)7-9-17-12-4-3-8-16-13(12)10-15/h3-4,8,11,17H,2,5-7,9H2,1H3,(H,18,19). The molecule has 0 aliphatic carbocycles. The van der Waals surface area contributed by atoms with Crippen molar-refractivity contribution in [2.45, 2.75) is 32.6 Å². The molecule has 1 aromatic heterocycles. The zero-order chi connectivity index (χ0) is 14.1. The summed E-state index contributed by atoms with van der Waals surface area (Å²) >= 11 is 0. The Bertz CT molecular complexity index is 454. The predicted octanol–water partition coefficient (Wildman–Crippen LogP) is 2.65. The Labute approximate surface area is 113 Å². The topological polar surface area (TPSA) is 86.0 Å². The van der Waals surface area contributed by atoms with Crippen LogP contribution in [0.25, 0.3) is 0 Å². The van der Waals surface area contributed by atoms with E-state index >= 15 is 0 Å². The molecule has 5 heteroatoms. The smallest absolute Gasteiger partial charge is 0.303 e. The minimum absolute atomic E-state index is 0.217. The lowest BCUT2D eigenvalue weighted by molar-refractivity contribution is -0.137. The van der Waals surface area contributed by atoms with Gasteiger partial charge in [0.1, 0.15) is 6.07 Å². The molecular formula is C14H19N3O2. The summed E-state index contributed by atoms with van der Waals surface area (Å²) in [7, 11) is 0. The molecule has 0 bridgehead atoms. The van der Waals surface area contributed by atoms with E-state index in [1.54, 1.807) is 12.3 Å². The van der Waals surface area contributed by atoms with Gasteiger partial charge >= 0.3 is 5.97 Å². The number of nitriles is 1. The summed E-state index contributed by atoms with van der Waals surface area (Å²) in [6.45, 7) is 2.79. The van der Waals surface area contributed by atoms with Crippen LogP contribution in [0.3, 0.4) is 0 Å². The minimum atomic E-state index is -0.745. The van der Waals surface area contributed by atoms with Gasteiger partial charge in [0, 0.05) is 19.2 Å². The Balaban J connectivity index is 2.40. The summed E-state index contributed by atoms with van der Waals surface area (Å²) in [4.78, 5) is 14.5. The van der Waals surface area contributed by atoms with Crippen LogP contribution < -0.4 is 5.32 Å². The molecule has 0 aliphatic heterocycles. The molecule has 1 heterocycles. The number of anilines is 1. The number of pyridine rings is 1. The molecule has 1 unspecified atom stereocenters. The second-order valence-corrected chi connectivity index (χ2v) is 4.43. The van der Waals surface area contributed by atoms with Gasteiger partial charge in [0.25, 0.3) is 0 Å². The zero-order valence-electron chi connectivity index (χ0n) is 11.1. The highest BCUT2D eigenvalue weighted by molar-refractivity contribution is 5.66. The van der Waals surface area contributed by atoms with Crippen molar-refractivity contribution in [1.29, 1.82) is 5.26 Å². The molecule has 0 radical (unpaired) electrons. The van der Waals surface area contributed by atoms with Crippen LogP contribution in [0.4, 0.5) is 5.69 Å². The van der Waals surface area contributed by atoms with Crippen LogP contribution in [-0.4, -0.2) is 22.6 Å². The Morgan fingerprint density at radius 1 is 1.58 bits per heavy atom. The largest absolute Gasteiger partial charge is 0.481 e. The van der Waals surface area contributed by atoms with Crippen LogP contribution in [0.5, 0.6) is 0 Å². The molecule has 1 rings (SSSR count). The first kappa shape index (κ1) is 15.0. The average molecular weight is 261 g/mol. The van der Waals surface area contributed by atoms with E-state index in [0.717, 1.165) is 25.1 Å². The summed E-state index contributed by atoms with van der Waals surface area (Å²) in [6.07, 6.45) is 4.36. The summed E-state index contributed by atoms with van der Waals surface area (Å²) in [5.41, 5.74) is 1.12. The molecule has 0 saturated heterocycles. The normalized spacial score (nSPS) is 11.6. The van der Waals surface area contributed by atoms with E-state index in [9.17, 15) is 4.79 Å². The van der Waals surface area contributed by atoms with E-state index in [0.29, 0.717) is 18.0 Å². The molecule has 0 saturated carbocycles. The Kier molecular flexibility index (Phi) is 6.37. The number of carbonyl (C=O) groups is 1. The summed E-state index contributed by atoms with van der Waals surface area (Å²) in [6, 6.07) is 5.64. The molecule has 0 aliphatic rings. The number of nitrogens with one attached hydrogen (secondary N) is 1. The van der Waals surface area contributed by atoms with Crippen LogP contribution >= 0.6 is 0 Å². The minimum Gasteiger partial charge on any atom is -0.481 e. The van der Waals surface area contributed by atoms with Gasteiger partial charge in [-0.25, -0.2) is 4.98 Å². The van der Waals surface area contributed by atoms with E-state index in [-0.39, 0.29) is 6.42 Å². The van der Waals surface area contributed by atoms with Crippen LogP contribution in [-0.2, 0) is 4.79 Å². The fourth-order valence-corrected chi connectivity index (χ4v) is 1.93. The molecule has 2 N–H and O–H groups in total. The SMILES string of the molecule is CCC(CCNc1cccnc1C#N)CCC(=O)O. The summed E-state index contributed by atoms with van der Waals surface area (Å²) < 4.78 is 0. The van der Waals surface area contributed by atoms with Crippen LogP contribution in [0.1, 0.15) is 38.3 Å². The number of aliphatic carboxylic acids is 1. The number of rotatable bonds is 8. The van der Waals surface area contributed by atoms with E-state index in [4.69, 9.17) is 10.4 Å². The molecule has 5 nitrogen and oxygen atoms in total. The predicted molar refractivity (Wildman–Crippen MR) is 72.7 cm³/mol. The van der Waals surface area contributed by atoms with Crippen molar-refractivity contribution in [3.8, 4) is 6.07 Å². The van der Waals surface area contributed by atoms with Gasteiger partial charge in [-0.3, -0.25) is 4.79 Å². The third-order valence-corrected chi connectivity index (χ3v) is 3.13. The van der Waals surface area contributed by atoms with Crippen LogP contribution in [0, 0.1) is 17.2 Å². The van der Waals surface area contributed by atoms with Crippen molar-refractivity contribution >= 4 is 11.7 Å². The Hall–Kier alpha value is -2.09. The number of carboxylic acid groups (broad SMARTS) is 1. The summed E-state index contributed by atoms with van der Waals surface area (Å²) in [5.74, 6) is -0.351. The lowest BCUT2D eigenvalue weighted by Crippen LogP contribution is -2.11. The number of nitrogens with zero attached hydrogens (tertiary/aromatic N) is 2. The maximum atomic E-state index is 10.5. The fourth-order valence-electron chi connectivity index (χ4n) is 1.93. The van der Waals surface area contributed by atoms with Gasteiger partial charge in [0.05, 0.1) is 5.69 Å². The van der Waals surface area contributed by atoms with Gasteiger partial charge in [0.2, 0.25) is 0 Å². The lowest BCUT2D eigenvalue weighted by atomic mass is 9.96. The highest BCUT2D eigenvalue weighted by Crippen LogP contribution is 2.17. The maximum absolute atomic E-state index is 10.5. The number of hydrogen-bond acceptors (Lipinski definition) is 4. The molecule has 1 aromatic rings. The number of hydrogen-bond donors (Lipinski definition) is 2. The van der Waals surface area contributed by atoms with Crippen molar-refractivity contribution < 1.29 is 9.90 Å². The third-order valence-electron chi connectivity index (χ3n) is 3.13. The van der Waals surface area contributed by atoms with E-state index in [1.807, 2.05) is 12.1 Å². The first-order chi connectivity index (χ1) is 9.17. The molecule has 0 fully saturated rings. The molecule has 19 heavy (non-hydrogen) atoms. The van der Waals surface area contributed by atoms with E-state index in [2.05, 4.69) is 17.2 Å². The second-order valence-electron chi connectivity index (χ2n) is 4.43. The number of aromatic nitrogens is 1. The third kappa shape index (κ3) is 5.38. The van der Waals surface area contributed by atoms with Gasteiger partial charge in [0.15, 0.2) is 5.69 Å². The van der Waals surface area contributed by atoms with Gasteiger partial charge in [-0.05, 0) is 30.9 Å². The Morgan fingerprint density at radius 3 is 3.00 bits per heavy atom. The average Bonchev–Trinajstić information content (AvgIpc) is 2.42. The lowest BCUT2D eigenvalue weighted by Gasteiger charge is -2.14. The van der Waals surface area contributed by atoms with Gasteiger partial charge in [-0.15, -0.1) is 0 Å². The second kappa shape index (κ2) is 8.09. The fraction of sp³-hybridized carbons (Fsp3) is 0.500. The molecular weight excluding hydrogens is 242 g/mol. The first-order valence-electron chi connectivity index (χ1n) is 6.48. The van der Waals surface area contributed by atoms with Gasteiger partial charge in [-0.2, -0.15) is 5.26 Å². The molecule has 0 amide bonds. The zero-order valence-corrected chi connectivity index (χ0v) is 11.1. The number of carboxylic acids is 1. The monoisotopic (exact) mass is 261 g/mol. The Morgan fingerprint density at radius 2 is 2.37 bits per heavy atom. The molecule has 1 atom stereocenters. The molecule has 0 spiro atoms. The van der Waals surface area contributed by atoms with Crippen LogP contribution in [0.15, 0.2) is 18.3 Å². The summed E-state index contributed by atoms with van der Waals surface area (Å²) in [5, 5.41) is 20.8. The van der Waals surface area contributed by atoms with Crippen molar-refractivity contribution in [1.82, 2.24) is 4.98 Å². The van der Waals surface area contributed by atoms with Crippen molar-refractivity contribution in [3.05, 3.63) is 24.0 Å². The maximum Gasteiger partial charge on any atom is 0.303 e. The van der Waals surface area contributed by atoms with Crippen molar-refractivity contribution in [3.63, 3.8) is 0 Å². The first-order valence-corrected chi connectivity index (χ1v) is 6.48.